The molecule has 2 aliphatic rings. The van der Waals surface area contributed by atoms with Gasteiger partial charge in [-0.2, -0.15) is 0 Å². The smallest absolute Gasteiger partial charge is 0.330 e. The molecule has 0 aliphatic heterocycles. The van der Waals surface area contributed by atoms with Crippen LogP contribution in [0.15, 0.2) is 30.3 Å². The van der Waals surface area contributed by atoms with Gasteiger partial charge in [0.05, 0.1) is 12.5 Å². The van der Waals surface area contributed by atoms with Crippen molar-refractivity contribution in [1.82, 2.24) is 0 Å². The summed E-state index contributed by atoms with van der Waals surface area (Å²) in [5.41, 5.74) is 1.89. The second kappa shape index (κ2) is 9.20. The van der Waals surface area contributed by atoms with Crippen molar-refractivity contribution in [2.75, 3.05) is 7.11 Å². The zero-order chi connectivity index (χ0) is 19.1. The van der Waals surface area contributed by atoms with Crippen molar-refractivity contribution in [3.8, 4) is 0 Å². The van der Waals surface area contributed by atoms with E-state index in [2.05, 4.69) is 16.9 Å². The first-order valence-corrected chi connectivity index (χ1v) is 10.2. The number of benzene rings is 1. The number of aryl methyl sites for hydroxylation is 1. The van der Waals surface area contributed by atoms with Crippen LogP contribution >= 0.6 is 0 Å². The van der Waals surface area contributed by atoms with E-state index in [1.54, 1.807) is 6.08 Å². The lowest BCUT2D eigenvalue weighted by Gasteiger charge is -2.28. The summed E-state index contributed by atoms with van der Waals surface area (Å²) < 4.78 is 10.5. The Balaban J connectivity index is 1.58. The molecule has 0 spiro atoms. The van der Waals surface area contributed by atoms with E-state index in [1.165, 1.54) is 31.6 Å². The highest BCUT2D eigenvalue weighted by Gasteiger charge is 2.43. The van der Waals surface area contributed by atoms with E-state index in [0.717, 1.165) is 56.9 Å². The summed E-state index contributed by atoms with van der Waals surface area (Å²) in [7, 11) is 1.37. The normalized spacial score (nSPS) is 19.4. The van der Waals surface area contributed by atoms with Crippen molar-refractivity contribution < 1.29 is 19.1 Å². The first kappa shape index (κ1) is 19.7. The molecule has 1 aromatic rings. The maximum Gasteiger partial charge on any atom is 0.330 e. The molecule has 27 heavy (non-hydrogen) atoms. The fourth-order valence-corrected chi connectivity index (χ4v) is 4.30. The van der Waals surface area contributed by atoms with E-state index in [1.807, 2.05) is 12.1 Å². The number of esters is 2. The molecule has 0 saturated heterocycles. The lowest BCUT2D eigenvalue weighted by molar-refractivity contribution is -0.161. The first-order chi connectivity index (χ1) is 13.1. The molecule has 4 nitrogen and oxygen atoms in total. The van der Waals surface area contributed by atoms with Crippen LogP contribution in [0.5, 0.6) is 0 Å². The molecule has 0 amide bonds. The molecule has 0 heterocycles. The minimum Gasteiger partial charge on any atom is -0.466 e. The average molecular weight is 370 g/mol. The summed E-state index contributed by atoms with van der Waals surface area (Å²) in [6.07, 6.45) is 13.6. The molecule has 2 fully saturated rings. The van der Waals surface area contributed by atoms with Crippen molar-refractivity contribution >= 4 is 18.0 Å². The summed E-state index contributed by atoms with van der Waals surface area (Å²) in [5.74, 6) is -0.312. The largest absolute Gasteiger partial charge is 0.466 e. The van der Waals surface area contributed by atoms with Crippen LogP contribution in [0, 0.1) is 5.41 Å². The van der Waals surface area contributed by atoms with Gasteiger partial charge in [-0.1, -0.05) is 37.1 Å². The molecule has 1 aromatic carbocycles. The highest BCUT2D eigenvalue weighted by Crippen LogP contribution is 2.44. The van der Waals surface area contributed by atoms with Crippen molar-refractivity contribution in [3.05, 3.63) is 41.5 Å². The Morgan fingerprint density at radius 2 is 1.74 bits per heavy atom. The maximum absolute atomic E-state index is 12.9. The third-order valence-corrected chi connectivity index (χ3v) is 6.05. The third-order valence-electron chi connectivity index (χ3n) is 6.05. The number of hydrogen-bond donors (Lipinski definition) is 0. The summed E-state index contributed by atoms with van der Waals surface area (Å²) in [4.78, 5) is 24.1. The number of methoxy groups -OCH3 is 1. The summed E-state index contributed by atoms with van der Waals surface area (Å²) in [6.45, 7) is 0. The number of rotatable bonds is 7. The Labute approximate surface area is 161 Å². The Bertz CT molecular complexity index is 662. The molecule has 0 N–H and O–H groups in total. The van der Waals surface area contributed by atoms with Crippen LogP contribution in [0.25, 0.3) is 6.08 Å². The van der Waals surface area contributed by atoms with Crippen LogP contribution in [0.3, 0.4) is 0 Å². The molecule has 2 aliphatic carbocycles. The quantitative estimate of drug-likeness (QED) is 0.508. The number of ether oxygens (including phenoxy) is 2. The lowest BCUT2D eigenvalue weighted by atomic mass is 9.80. The summed E-state index contributed by atoms with van der Waals surface area (Å²) in [5, 5.41) is 0. The van der Waals surface area contributed by atoms with Crippen molar-refractivity contribution in [3.63, 3.8) is 0 Å². The molecule has 0 unspecified atom stereocenters. The Morgan fingerprint density at radius 3 is 2.37 bits per heavy atom. The molecule has 4 heteroatoms. The van der Waals surface area contributed by atoms with Gasteiger partial charge in [-0.15, -0.1) is 0 Å². The number of carbonyl (C=O) groups is 2. The van der Waals surface area contributed by atoms with E-state index in [-0.39, 0.29) is 23.5 Å². The van der Waals surface area contributed by atoms with Crippen LogP contribution < -0.4 is 0 Å². The molecular weight excluding hydrogens is 340 g/mol. The van der Waals surface area contributed by atoms with Gasteiger partial charge >= 0.3 is 11.9 Å². The SMILES string of the molecule is COC(=O)/C=C/c1ccc(CCC2(C(=O)OC3CCCC3)CCCC2)cc1. The Kier molecular flexibility index (Phi) is 6.70. The zero-order valence-electron chi connectivity index (χ0n) is 16.2. The third kappa shape index (κ3) is 5.21. The lowest BCUT2D eigenvalue weighted by Crippen LogP contribution is -2.33. The monoisotopic (exact) mass is 370 g/mol. The molecular formula is C23H30O4. The van der Waals surface area contributed by atoms with E-state index >= 15 is 0 Å². The van der Waals surface area contributed by atoms with Gasteiger partial charge in [-0.3, -0.25) is 4.79 Å². The number of carbonyl (C=O) groups excluding carboxylic acids is 2. The van der Waals surface area contributed by atoms with Crippen LogP contribution in [-0.4, -0.2) is 25.2 Å². The van der Waals surface area contributed by atoms with Gasteiger partial charge in [-0.25, -0.2) is 4.79 Å². The van der Waals surface area contributed by atoms with Gasteiger partial charge in [0.1, 0.15) is 6.10 Å². The van der Waals surface area contributed by atoms with E-state index < -0.39 is 0 Å². The second-order valence-electron chi connectivity index (χ2n) is 7.90. The summed E-state index contributed by atoms with van der Waals surface area (Å²) in [6, 6.07) is 8.13. The minimum absolute atomic E-state index is 0.0459. The van der Waals surface area contributed by atoms with Gasteiger partial charge in [0.15, 0.2) is 0 Å². The Hall–Kier alpha value is -2.10. The van der Waals surface area contributed by atoms with E-state index in [0.29, 0.717) is 0 Å². The van der Waals surface area contributed by atoms with Crippen LogP contribution in [0.2, 0.25) is 0 Å². The fraction of sp³-hybridized carbons (Fsp3) is 0.565. The Morgan fingerprint density at radius 1 is 1.07 bits per heavy atom. The van der Waals surface area contributed by atoms with Gasteiger partial charge in [0.2, 0.25) is 0 Å². The van der Waals surface area contributed by atoms with Gasteiger partial charge < -0.3 is 9.47 Å². The average Bonchev–Trinajstić information content (AvgIpc) is 3.38. The number of hydrogen-bond acceptors (Lipinski definition) is 4. The maximum atomic E-state index is 12.9. The van der Waals surface area contributed by atoms with Crippen LogP contribution in [0.4, 0.5) is 0 Å². The second-order valence-corrected chi connectivity index (χ2v) is 7.90. The predicted octanol–water partition coefficient (Wildman–Crippen LogP) is 4.85. The first-order valence-electron chi connectivity index (χ1n) is 10.2. The molecule has 146 valence electrons. The van der Waals surface area contributed by atoms with Gasteiger partial charge in [0, 0.05) is 6.08 Å². The van der Waals surface area contributed by atoms with E-state index in [9.17, 15) is 9.59 Å². The zero-order valence-corrected chi connectivity index (χ0v) is 16.2. The van der Waals surface area contributed by atoms with Crippen LogP contribution in [0.1, 0.15) is 68.9 Å². The highest BCUT2D eigenvalue weighted by atomic mass is 16.5. The van der Waals surface area contributed by atoms with E-state index in [4.69, 9.17) is 4.74 Å². The minimum atomic E-state index is -0.358. The molecule has 3 rings (SSSR count). The predicted molar refractivity (Wildman–Crippen MR) is 105 cm³/mol. The molecule has 0 bridgehead atoms. The molecule has 0 aromatic heterocycles. The molecule has 0 radical (unpaired) electrons. The summed E-state index contributed by atoms with van der Waals surface area (Å²) >= 11 is 0. The van der Waals surface area contributed by atoms with Crippen molar-refractivity contribution in [2.24, 2.45) is 5.41 Å². The van der Waals surface area contributed by atoms with Crippen LogP contribution in [-0.2, 0) is 25.5 Å². The van der Waals surface area contributed by atoms with Crippen molar-refractivity contribution in [1.29, 1.82) is 0 Å². The molecule has 0 atom stereocenters. The van der Waals surface area contributed by atoms with Gasteiger partial charge in [-0.05, 0) is 68.6 Å². The topological polar surface area (TPSA) is 52.6 Å². The van der Waals surface area contributed by atoms with Gasteiger partial charge in [0.25, 0.3) is 0 Å². The van der Waals surface area contributed by atoms with Crippen molar-refractivity contribution in [2.45, 2.75) is 70.3 Å². The standard InChI is InChI=1S/C23H30O4/c1-26-21(24)13-12-18-8-10-19(11-9-18)14-17-23(15-4-5-16-23)22(25)27-20-6-2-3-7-20/h8-13,20H,2-7,14-17H2,1H3/b13-12+. The fourth-order valence-electron chi connectivity index (χ4n) is 4.30. The highest BCUT2D eigenvalue weighted by molar-refractivity contribution is 5.86. The molecule has 2 saturated carbocycles.